The van der Waals surface area contributed by atoms with E-state index in [0.29, 0.717) is 30.1 Å². The van der Waals surface area contributed by atoms with E-state index in [1.165, 1.54) is 6.20 Å². The van der Waals surface area contributed by atoms with E-state index in [-0.39, 0.29) is 0 Å². The number of halogens is 1. The third-order valence-corrected chi connectivity index (χ3v) is 5.08. The van der Waals surface area contributed by atoms with E-state index in [2.05, 4.69) is 4.98 Å². The molecule has 6 heteroatoms. The zero-order valence-electron chi connectivity index (χ0n) is 15.2. The second-order valence-electron chi connectivity index (χ2n) is 6.80. The van der Waals surface area contributed by atoms with Gasteiger partial charge in [0.15, 0.2) is 0 Å². The Kier molecular flexibility index (Phi) is 5.51. The molecule has 27 heavy (non-hydrogen) atoms. The van der Waals surface area contributed by atoms with Crippen molar-refractivity contribution in [3.8, 4) is 0 Å². The molecule has 4 N–H and O–H groups in total. The Morgan fingerprint density at radius 3 is 2.67 bits per heavy atom. The first-order valence-corrected chi connectivity index (χ1v) is 9.20. The van der Waals surface area contributed by atoms with E-state index in [0.717, 1.165) is 16.8 Å². The fraction of sp³-hybridized carbons (Fsp3) is 0.238. The number of urea groups is 1. The molecule has 1 aliphatic carbocycles. The molecule has 2 aromatic rings. The smallest absolute Gasteiger partial charge is 0.320 e. The number of primary amides is 1. The number of hydrogen-bond donors (Lipinski definition) is 2. The van der Waals surface area contributed by atoms with Crippen LogP contribution in [0, 0.1) is 6.92 Å². The summed E-state index contributed by atoms with van der Waals surface area (Å²) in [6, 6.07) is 9.11. The van der Waals surface area contributed by atoms with E-state index >= 15 is 0 Å². The lowest BCUT2D eigenvalue weighted by atomic mass is 9.83. The highest BCUT2D eigenvalue weighted by molar-refractivity contribution is 6.30. The van der Waals surface area contributed by atoms with Crippen LogP contribution in [0.2, 0.25) is 5.02 Å². The van der Waals surface area contributed by atoms with Gasteiger partial charge >= 0.3 is 6.03 Å². The average Bonchev–Trinajstić information content (AvgIpc) is 2.65. The number of nitrogen functional groups attached to an aromatic ring is 1. The average molecular weight is 383 g/mol. The number of anilines is 2. The minimum Gasteiger partial charge on any atom is -0.383 e. The molecule has 1 aromatic carbocycles. The van der Waals surface area contributed by atoms with Crippen LogP contribution in [0.1, 0.15) is 24.0 Å². The maximum atomic E-state index is 12.5. The van der Waals surface area contributed by atoms with Crippen LogP contribution in [0.25, 0.3) is 0 Å². The number of carbonyl (C=O) groups excluding carboxylic acids is 1. The van der Waals surface area contributed by atoms with Crippen LogP contribution in [0.4, 0.5) is 16.3 Å². The number of pyridine rings is 1. The number of benzene rings is 1. The first-order valence-electron chi connectivity index (χ1n) is 8.82. The molecule has 1 unspecified atom stereocenters. The minimum atomic E-state index is -0.579. The monoisotopic (exact) mass is 382 g/mol. The quantitative estimate of drug-likeness (QED) is 0.803. The van der Waals surface area contributed by atoms with E-state index in [1.807, 2.05) is 61.6 Å². The summed E-state index contributed by atoms with van der Waals surface area (Å²) in [6.45, 7) is 2.01. The Balaban J connectivity index is 1.96. The van der Waals surface area contributed by atoms with Crippen LogP contribution in [0.15, 0.2) is 60.8 Å². The van der Waals surface area contributed by atoms with Crippen molar-refractivity contribution < 1.29 is 4.79 Å². The predicted octanol–water partition coefficient (Wildman–Crippen LogP) is 4.40. The summed E-state index contributed by atoms with van der Waals surface area (Å²) in [5.41, 5.74) is 14.0. The Bertz CT molecular complexity index is 892. The van der Waals surface area contributed by atoms with Crippen molar-refractivity contribution in [3.63, 3.8) is 0 Å². The van der Waals surface area contributed by atoms with Gasteiger partial charge in [0.25, 0.3) is 0 Å². The summed E-state index contributed by atoms with van der Waals surface area (Å²) >= 11 is 6.07. The second-order valence-corrected chi connectivity index (χ2v) is 7.24. The lowest BCUT2D eigenvalue weighted by Crippen LogP contribution is -2.53. The maximum absolute atomic E-state index is 12.5. The summed E-state index contributed by atoms with van der Waals surface area (Å²) in [5.74, 6) is 0.450. The molecule has 3 rings (SSSR count). The van der Waals surface area contributed by atoms with E-state index in [4.69, 9.17) is 23.1 Å². The van der Waals surface area contributed by atoms with Gasteiger partial charge in [-0.2, -0.15) is 0 Å². The van der Waals surface area contributed by atoms with Crippen molar-refractivity contribution in [2.45, 2.75) is 31.7 Å². The molecule has 1 aliphatic rings. The molecule has 0 spiro atoms. The van der Waals surface area contributed by atoms with Crippen LogP contribution in [0.3, 0.4) is 0 Å². The van der Waals surface area contributed by atoms with Gasteiger partial charge < -0.3 is 11.5 Å². The normalized spacial score (nSPS) is 18.4. The summed E-state index contributed by atoms with van der Waals surface area (Å²) < 4.78 is 0. The predicted molar refractivity (Wildman–Crippen MR) is 111 cm³/mol. The fourth-order valence-corrected chi connectivity index (χ4v) is 3.64. The molecule has 0 bridgehead atoms. The van der Waals surface area contributed by atoms with Crippen molar-refractivity contribution in [2.24, 2.45) is 5.73 Å². The Labute approximate surface area is 164 Å². The number of aryl methyl sites for hydroxylation is 2. The van der Waals surface area contributed by atoms with Crippen molar-refractivity contribution >= 4 is 29.1 Å². The van der Waals surface area contributed by atoms with E-state index in [1.54, 1.807) is 4.90 Å². The van der Waals surface area contributed by atoms with Gasteiger partial charge in [0.05, 0.1) is 10.6 Å². The van der Waals surface area contributed by atoms with E-state index < -0.39 is 11.6 Å². The molecule has 0 aliphatic heterocycles. The molecule has 1 heterocycles. The minimum absolute atomic E-state index is 0.450. The van der Waals surface area contributed by atoms with Crippen molar-refractivity contribution in [1.29, 1.82) is 0 Å². The van der Waals surface area contributed by atoms with E-state index in [9.17, 15) is 4.79 Å². The summed E-state index contributed by atoms with van der Waals surface area (Å²) in [6.07, 6.45) is 11.4. The molecule has 1 atom stereocenters. The number of carbonyl (C=O) groups is 1. The van der Waals surface area contributed by atoms with Crippen LogP contribution < -0.4 is 16.4 Å². The Hall–Kier alpha value is -2.79. The zero-order valence-corrected chi connectivity index (χ0v) is 16.0. The highest BCUT2D eigenvalue weighted by Gasteiger charge is 2.37. The van der Waals surface area contributed by atoms with Gasteiger partial charge in [-0.1, -0.05) is 53.6 Å². The SMILES string of the molecule is Cc1ccc(N(C(N)=O)C2(CCc3cc(Cl)cnc3N)C=CC=CC2)cc1. The largest absolute Gasteiger partial charge is 0.383 e. The van der Waals surface area contributed by atoms with Gasteiger partial charge in [-0.3, -0.25) is 4.90 Å². The van der Waals surface area contributed by atoms with Crippen LogP contribution in [-0.4, -0.2) is 16.6 Å². The van der Waals surface area contributed by atoms with Gasteiger partial charge in [0.2, 0.25) is 0 Å². The van der Waals surface area contributed by atoms with Crippen molar-refractivity contribution in [3.05, 3.63) is 77.0 Å². The summed E-state index contributed by atoms with van der Waals surface area (Å²) in [5, 5.41) is 0.539. The van der Waals surface area contributed by atoms with Gasteiger partial charge in [-0.15, -0.1) is 0 Å². The van der Waals surface area contributed by atoms with Crippen LogP contribution in [0.5, 0.6) is 0 Å². The Morgan fingerprint density at radius 2 is 2.04 bits per heavy atom. The van der Waals surface area contributed by atoms with Crippen molar-refractivity contribution in [1.82, 2.24) is 4.98 Å². The number of nitrogens with zero attached hydrogens (tertiary/aromatic N) is 2. The molecule has 0 saturated heterocycles. The Morgan fingerprint density at radius 1 is 1.30 bits per heavy atom. The molecular formula is C21H23ClN4O. The molecule has 140 valence electrons. The maximum Gasteiger partial charge on any atom is 0.320 e. The van der Waals surface area contributed by atoms with Gasteiger partial charge in [0.1, 0.15) is 5.82 Å². The third-order valence-electron chi connectivity index (χ3n) is 4.88. The molecular weight excluding hydrogens is 360 g/mol. The van der Waals surface area contributed by atoms with Crippen LogP contribution >= 0.6 is 11.6 Å². The number of amides is 2. The first kappa shape index (κ1) is 19.0. The summed E-state index contributed by atoms with van der Waals surface area (Å²) in [7, 11) is 0. The molecule has 0 fully saturated rings. The lowest BCUT2D eigenvalue weighted by Gasteiger charge is -2.42. The molecule has 1 aromatic heterocycles. The highest BCUT2D eigenvalue weighted by atomic mass is 35.5. The van der Waals surface area contributed by atoms with Gasteiger partial charge in [0, 0.05) is 11.9 Å². The molecule has 5 nitrogen and oxygen atoms in total. The zero-order chi connectivity index (χ0) is 19.4. The molecule has 0 saturated carbocycles. The molecule has 0 radical (unpaired) electrons. The number of aromatic nitrogens is 1. The van der Waals surface area contributed by atoms with Gasteiger partial charge in [-0.05, 0) is 49.9 Å². The number of hydrogen-bond acceptors (Lipinski definition) is 3. The standard InChI is InChI=1S/C21H23ClN4O/c1-15-5-7-18(8-6-15)26(20(24)27)21(10-3-2-4-11-21)12-9-16-13-17(22)14-25-19(16)23/h2-8,10,13-14H,9,11-12H2,1H3,(H2,23,25)(H2,24,27). The second kappa shape index (κ2) is 7.84. The number of allylic oxidation sites excluding steroid dienone is 2. The third kappa shape index (κ3) is 4.14. The van der Waals surface area contributed by atoms with Gasteiger partial charge in [-0.25, -0.2) is 9.78 Å². The first-order chi connectivity index (χ1) is 12.9. The van der Waals surface area contributed by atoms with Crippen molar-refractivity contribution in [2.75, 3.05) is 10.6 Å². The highest BCUT2D eigenvalue weighted by Crippen LogP contribution is 2.35. The number of rotatable bonds is 5. The molecule has 2 amide bonds. The lowest BCUT2D eigenvalue weighted by molar-refractivity contribution is 0.247. The van der Waals surface area contributed by atoms with Crippen LogP contribution in [-0.2, 0) is 6.42 Å². The number of nitrogens with two attached hydrogens (primary N) is 2. The topological polar surface area (TPSA) is 85.2 Å². The fourth-order valence-electron chi connectivity index (χ4n) is 3.46. The summed E-state index contributed by atoms with van der Waals surface area (Å²) in [4.78, 5) is 18.2.